The van der Waals surface area contributed by atoms with Crippen LogP contribution in [0.5, 0.6) is 0 Å². The maximum absolute atomic E-state index is 12.7. The molecule has 1 unspecified atom stereocenters. The van der Waals surface area contributed by atoms with Gasteiger partial charge in [0.1, 0.15) is 0 Å². The summed E-state index contributed by atoms with van der Waals surface area (Å²) < 4.78 is 7.61. The normalized spacial score (nSPS) is 16.8. The number of amides is 1. The van der Waals surface area contributed by atoms with Crippen molar-refractivity contribution in [3.05, 3.63) is 27.7 Å². The molecule has 0 aliphatic carbocycles. The molecule has 146 valence electrons. The molecule has 1 saturated heterocycles. The first-order valence-corrected chi connectivity index (χ1v) is 10.0. The van der Waals surface area contributed by atoms with E-state index in [1.165, 1.54) is 0 Å². The Balaban J connectivity index is 1.88. The predicted molar refractivity (Wildman–Crippen MR) is 103 cm³/mol. The minimum Gasteiger partial charge on any atom is -0.476 e. The molecule has 8 heteroatoms. The third kappa shape index (κ3) is 4.39. The number of hydrogen-bond donors (Lipinski definition) is 2. The number of thiazole rings is 1. The van der Waals surface area contributed by atoms with Gasteiger partial charge < -0.3 is 19.7 Å². The number of nitrogens with zero attached hydrogens (tertiary/aromatic N) is 2. The fourth-order valence-corrected chi connectivity index (χ4v) is 3.93. The molecule has 0 spiro atoms. The maximum atomic E-state index is 12.7. The van der Waals surface area contributed by atoms with Gasteiger partial charge in [0.25, 0.3) is 5.91 Å². The van der Waals surface area contributed by atoms with E-state index < -0.39 is 5.97 Å². The number of carbonyl (C=O) groups is 2. The molecule has 0 radical (unpaired) electrons. The maximum Gasteiger partial charge on any atom is 0.365 e. The Labute approximate surface area is 162 Å². The average Bonchev–Trinajstić information content (AvgIpc) is 3.34. The van der Waals surface area contributed by atoms with Crippen LogP contribution in [-0.2, 0) is 11.3 Å². The first-order valence-electron chi connectivity index (χ1n) is 9.16. The summed E-state index contributed by atoms with van der Waals surface area (Å²) in [5.74, 6) is -0.810. The number of carboxylic acid groups (broad SMARTS) is 1. The number of aromatic carboxylic acids is 1. The highest BCUT2D eigenvalue weighted by atomic mass is 32.1. The Morgan fingerprint density at radius 3 is 2.85 bits per heavy atom. The fraction of sp³-hybridized carbons (Fsp3) is 0.526. The molecule has 2 aromatic rings. The molecule has 3 heterocycles. The Morgan fingerprint density at radius 2 is 2.26 bits per heavy atom. The van der Waals surface area contributed by atoms with Crippen molar-refractivity contribution in [2.24, 2.45) is 5.92 Å². The van der Waals surface area contributed by atoms with Gasteiger partial charge in [0.15, 0.2) is 0 Å². The Kier molecular flexibility index (Phi) is 5.96. The first kappa shape index (κ1) is 19.6. The summed E-state index contributed by atoms with van der Waals surface area (Å²) in [6.07, 6.45) is 2.09. The smallest absolute Gasteiger partial charge is 0.365 e. The van der Waals surface area contributed by atoms with Gasteiger partial charge in [-0.15, -0.1) is 11.3 Å². The van der Waals surface area contributed by atoms with Gasteiger partial charge >= 0.3 is 5.97 Å². The zero-order valence-corrected chi connectivity index (χ0v) is 16.6. The Morgan fingerprint density at radius 1 is 1.48 bits per heavy atom. The molecule has 0 saturated carbocycles. The van der Waals surface area contributed by atoms with Gasteiger partial charge in [0.2, 0.25) is 5.01 Å². The van der Waals surface area contributed by atoms with Crippen molar-refractivity contribution in [2.45, 2.75) is 46.3 Å². The van der Waals surface area contributed by atoms with Gasteiger partial charge in [-0.2, -0.15) is 0 Å². The molecule has 0 aromatic carbocycles. The van der Waals surface area contributed by atoms with Crippen molar-refractivity contribution in [3.8, 4) is 11.4 Å². The van der Waals surface area contributed by atoms with Gasteiger partial charge in [-0.25, -0.2) is 9.78 Å². The second kappa shape index (κ2) is 8.22. The molecule has 1 atom stereocenters. The molecule has 0 bridgehead atoms. The van der Waals surface area contributed by atoms with Crippen LogP contribution in [0.2, 0.25) is 0 Å². The van der Waals surface area contributed by atoms with E-state index in [9.17, 15) is 9.59 Å². The summed E-state index contributed by atoms with van der Waals surface area (Å²) in [5, 5.41) is 13.9. The lowest BCUT2D eigenvalue weighted by atomic mass is 10.2. The van der Waals surface area contributed by atoms with E-state index in [1.807, 2.05) is 17.6 Å². The Bertz CT molecular complexity index is 834. The largest absolute Gasteiger partial charge is 0.476 e. The molecule has 27 heavy (non-hydrogen) atoms. The van der Waals surface area contributed by atoms with Crippen molar-refractivity contribution in [2.75, 3.05) is 13.2 Å². The van der Waals surface area contributed by atoms with Crippen LogP contribution in [-0.4, -0.2) is 45.8 Å². The van der Waals surface area contributed by atoms with Crippen LogP contribution >= 0.6 is 11.3 Å². The molecule has 7 nitrogen and oxygen atoms in total. The van der Waals surface area contributed by atoms with E-state index in [-0.39, 0.29) is 17.0 Å². The van der Waals surface area contributed by atoms with Crippen molar-refractivity contribution in [1.29, 1.82) is 0 Å². The van der Waals surface area contributed by atoms with E-state index in [2.05, 4.69) is 24.1 Å². The zero-order valence-electron chi connectivity index (χ0n) is 15.8. The first-order chi connectivity index (χ1) is 12.9. The second-order valence-corrected chi connectivity index (χ2v) is 8.08. The number of aromatic nitrogens is 2. The third-order valence-corrected chi connectivity index (χ3v) is 5.45. The second-order valence-electron chi connectivity index (χ2n) is 7.22. The fourth-order valence-electron chi connectivity index (χ4n) is 3.28. The molecule has 2 aromatic heterocycles. The third-order valence-electron chi connectivity index (χ3n) is 4.62. The van der Waals surface area contributed by atoms with Gasteiger partial charge in [-0.3, -0.25) is 4.79 Å². The zero-order chi connectivity index (χ0) is 19.6. The lowest BCUT2D eigenvalue weighted by Gasteiger charge is -2.14. The van der Waals surface area contributed by atoms with E-state index in [1.54, 1.807) is 5.38 Å². The number of rotatable bonds is 7. The molecule has 1 aliphatic heterocycles. The monoisotopic (exact) mass is 391 g/mol. The predicted octanol–water partition coefficient (Wildman–Crippen LogP) is 3.18. The van der Waals surface area contributed by atoms with Crippen LogP contribution in [0.1, 0.15) is 52.5 Å². The van der Waals surface area contributed by atoms with Crippen LogP contribution in [0.15, 0.2) is 11.4 Å². The summed E-state index contributed by atoms with van der Waals surface area (Å²) in [7, 11) is 0. The molecule has 1 amide bonds. The van der Waals surface area contributed by atoms with E-state index in [4.69, 9.17) is 9.84 Å². The van der Waals surface area contributed by atoms with Gasteiger partial charge in [0, 0.05) is 30.8 Å². The average molecular weight is 391 g/mol. The summed E-state index contributed by atoms with van der Waals surface area (Å²) in [6, 6.07) is 1.81. The SMILES string of the molecule is Cc1c(C(=O)NCC2CCCO2)cc(-c2csc(C(=O)O)n2)n1CC(C)C. The molecule has 3 rings (SSSR count). The van der Waals surface area contributed by atoms with Gasteiger partial charge in [-0.05, 0) is 31.7 Å². The Hall–Kier alpha value is -2.19. The number of hydrogen-bond acceptors (Lipinski definition) is 5. The van der Waals surface area contributed by atoms with Crippen LogP contribution in [0.4, 0.5) is 0 Å². The van der Waals surface area contributed by atoms with E-state index in [0.29, 0.717) is 23.7 Å². The number of carbonyl (C=O) groups excluding carboxylic acids is 1. The highest BCUT2D eigenvalue weighted by molar-refractivity contribution is 7.11. The molecule has 2 N–H and O–H groups in total. The van der Waals surface area contributed by atoms with Crippen molar-refractivity contribution in [1.82, 2.24) is 14.9 Å². The van der Waals surface area contributed by atoms with Crippen molar-refractivity contribution < 1.29 is 19.4 Å². The van der Waals surface area contributed by atoms with Crippen LogP contribution in [0.25, 0.3) is 11.4 Å². The number of nitrogens with one attached hydrogen (secondary N) is 1. The van der Waals surface area contributed by atoms with Crippen LogP contribution in [0, 0.1) is 12.8 Å². The summed E-state index contributed by atoms with van der Waals surface area (Å²) in [5.41, 5.74) is 2.80. The molecule has 1 aliphatic rings. The topological polar surface area (TPSA) is 93.4 Å². The summed E-state index contributed by atoms with van der Waals surface area (Å²) in [6.45, 7) is 8.10. The van der Waals surface area contributed by atoms with E-state index in [0.717, 1.165) is 48.7 Å². The van der Waals surface area contributed by atoms with Crippen molar-refractivity contribution in [3.63, 3.8) is 0 Å². The minimum absolute atomic E-state index is 0.0457. The molecule has 1 fully saturated rings. The summed E-state index contributed by atoms with van der Waals surface area (Å²) in [4.78, 5) is 28.1. The van der Waals surface area contributed by atoms with Crippen molar-refractivity contribution >= 4 is 23.2 Å². The number of carboxylic acids is 1. The van der Waals surface area contributed by atoms with E-state index >= 15 is 0 Å². The lowest BCUT2D eigenvalue weighted by Crippen LogP contribution is -2.32. The standard InChI is InChI=1S/C19H25N3O4S/c1-11(2)9-22-12(3)14(17(23)20-8-13-5-4-6-26-13)7-16(22)15-10-27-18(21-15)19(24)25/h7,10-11,13H,4-6,8-9H2,1-3H3,(H,20,23)(H,24,25). The molecular formula is C19H25N3O4S. The minimum atomic E-state index is -1.04. The highest BCUT2D eigenvalue weighted by Crippen LogP contribution is 2.28. The lowest BCUT2D eigenvalue weighted by molar-refractivity contribution is 0.0696. The quantitative estimate of drug-likeness (QED) is 0.756. The highest BCUT2D eigenvalue weighted by Gasteiger charge is 2.23. The van der Waals surface area contributed by atoms with Gasteiger partial charge in [-0.1, -0.05) is 13.8 Å². The van der Waals surface area contributed by atoms with Crippen LogP contribution in [0.3, 0.4) is 0 Å². The summed E-state index contributed by atoms with van der Waals surface area (Å²) >= 11 is 1.09. The van der Waals surface area contributed by atoms with Gasteiger partial charge in [0.05, 0.1) is 23.1 Å². The molecular weight excluding hydrogens is 366 g/mol. The van der Waals surface area contributed by atoms with Crippen LogP contribution < -0.4 is 5.32 Å². The number of ether oxygens (including phenoxy) is 1.